The van der Waals surface area contributed by atoms with Crippen LogP contribution in [0.3, 0.4) is 0 Å². The Morgan fingerprint density at radius 3 is 2.59 bits per heavy atom. The summed E-state index contributed by atoms with van der Waals surface area (Å²) in [7, 11) is 0. The van der Waals surface area contributed by atoms with E-state index in [1.54, 1.807) is 0 Å². The smallest absolute Gasteiger partial charge is 0.388 e. The zero-order valence-corrected chi connectivity index (χ0v) is 9.01. The zero-order valence-electron chi connectivity index (χ0n) is 9.01. The number of rotatable bonds is 3. The second kappa shape index (κ2) is 5.01. The van der Waals surface area contributed by atoms with Crippen LogP contribution in [0.15, 0.2) is 6.07 Å². The van der Waals surface area contributed by atoms with Gasteiger partial charge in [0, 0.05) is 17.8 Å². The van der Waals surface area contributed by atoms with Crippen molar-refractivity contribution in [1.82, 2.24) is 4.98 Å². The molecule has 17 heavy (non-hydrogen) atoms. The van der Waals surface area contributed by atoms with Crippen molar-refractivity contribution in [1.29, 1.82) is 5.26 Å². The third kappa shape index (κ3) is 3.60. The predicted octanol–water partition coefficient (Wildman–Crippen LogP) is 1.81. The Kier molecular flexibility index (Phi) is 3.91. The molecule has 1 rings (SSSR count). The number of ether oxygens (including phenoxy) is 1. The summed E-state index contributed by atoms with van der Waals surface area (Å²) in [6.45, 7) is 1.37. The van der Waals surface area contributed by atoms with Crippen LogP contribution in [-0.2, 0) is 13.0 Å². The van der Waals surface area contributed by atoms with Crippen LogP contribution >= 0.6 is 0 Å². The lowest BCUT2D eigenvalue weighted by Gasteiger charge is -2.13. The molecule has 0 saturated heterocycles. The number of hydrogen-bond acceptors (Lipinski definition) is 4. The molecular weight excluding hydrogens is 235 g/mol. The van der Waals surface area contributed by atoms with Crippen LogP contribution in [0.2, 0.25) is 0 Å². The Morgan fingerprint density at radius 1 is 1.47 bits per heavy atom. The molecule has 0 spiro atoms. The van der Waals surface area contributed by atoms with Crippen molar-refractivity contribution in [2.24, 2.45) is 5.73 Å². The van der Waals surface area contributed by atoms with Crippen LogP contribution in [0, 0.1) is 18.3 Å². The third-order valence-electron chi connectivity index (χ3n) is 2.06. The minimum Gasteiger partial charge on any atom is -0.388 e. The lowest BCUT2D eigenvalue weighted by Crippen LogP contribution is -2.20. The second-order valence-electron chi connectivity index (χ2n) is 3.28. The molecule has 0 radical (unpaired) electrons. The molecule has 0 aliphatic carbocycles. The van der Waals surface area contributed by atoms with Crippen LogP contribution in [0.5, 0.6) is 5.88 Å². The van der Waals surface area contributed by atoms with Crippen LogP contribution < -0.4 is 10.5 Å². The summed E-state index contributed by atoms with van der Waals surface area (Å²) in [5.41, 5.74) is 6.30. The van der Waals surface area contributed by atoms with Crippen molar-refractivity contribution in [3.63, 3.8) is 0 Å². The molecule has 0 saturated carbocycles. The van der Waals surface area contributed by atoms with Crippen molar-refractivity contribution < 1.29 is 17.9 Å². The molecular formula is C10H10F3N3O. The topological polar surface area (TPSA) is 71.9 Å². The van der Waals surface area contributed by atoms with E-state index in [1.165, 1.54) is 13.0 Å². The van der Waals surface area contributed by atoms with Crippen molar-refractivity contribution in [3.05, 3.63) is 22.9 Å². The van der Waals surface area contributed by atoms with Gasteiger partial charge in [0.1, 0.15) is 0 Å². The zero-order chi connectivity index (χ0) is 13.1. The second-order valence-corrected chi connectivity index (χ2v) is 3.28. The van der Waals surface area contributed by atoms with Gasteiger partial charge in [-0.05, 0) is 18.6 Å². The summed E-state index contributed by atoms with van der Waals surface area (Å²) >= 11 is 0. The van der Waals surface area contributed by atoms with E-state index in [4.69, 9.17) is 11.0 Å². The van der Waals surface area contributed by atoms with Crippen LogP contribution in [0.1, 0.15) is 16.8 Å². The molecule has 0 bridgehead atoms. The van der Waals surface area contributed by atoms with E-state index >= 15 is 0 Å². The largest absolute Gasteiger partial charge is 0.574 e. The summed E-state index contributed by atoms with van der Waals surface area (Å²) < 4.78 is 40.0. The van der Waals surface area contributed by atoms with E-state index in [1.807, 2.05) is 6.07 Å². The van der Waals surface area contributed by atoms with Gasteiger partial charge < -0.3 is 10.5 Å². The van der Waals surface area contributed by atoms with Gasteiger partial charge in [-0.3, -0.25) is 0 Å². The van der Waals surface area contributed by atoms with Gasteiger partial charge in [-0.2, -0.15) is 5.26 Å². The summed E-state index contributed by atoms with van der Waals surface area (Å²) in [6.07, 6.45) is -4.74. The normalized spacial score (nSPS) is 11.1. The third-order valence-corrected chi connectivity index (χ3v) is 2.06. The SMILES string of the molecule is Cc1nc(OC(F)(F)F)c(CN)cc1CC#N. The highest BCUT2D eigenvalue weighted by molar-refractivity contribution is 5.35. The molecule has 0 aliphatic heterocycles. The molecule has 0 aliphatic rings. The number of hydrogen-bond donors (Lipinski definition) is 1. The number of aryl methyl sites for hydroxylation is 1. The van der Waals surface area contributed by atoms with Crippen LogP contribution in [-0.4, -0.2) is 11.3 Å². The molecule has 0 unspecified atom stereocenters. The fraction of sp³-hybridized carbons (Fsp3) is 0.400. The maximum atomic E-state index is 12.1. The summed E-state index contributed by atoms with van der Waals surface area (Å²) in [5, 5.41) is 8.54. The summed E-state index contributed by atoms with van der Waals surface area (Å²) in [5.74, 6) is -0.556. The monoisotopic (exact) mass is 245 g/mol. The fourth-order valence-corrected chi connectivity index (χ4v) is 1.28. The first-order chi connectivity index (χ1) is 7.87. The van der Waals surface area contributed by atoms with Crippen molar-refractivity contribution in [2.45, 2.75) is 26.3 Å². The minimum atomic E-state index is -4.81. The minimum absolute atomic E-state index is 0.0676. The summed E-state index contributed by atoms with van der Waals surface area (Å²) in [4.78, 5) is 3.67. The Morgan fingerprint density at radius 2 is 2.12 bits per heavy atom. The van der Waals surface area contributed by atoms with E-state index in [-0.39, 0.29) is 18.5 Å². The molecule has 1 aromatic rings. The molecule has 0 amide bonds. The van der Waals surface area contributed by atoms with E-state index < -0.39 is 12.2 Å². The maximum absolute atomic E-state index is 12.1. The Balaban J connectivity index is 3.15. The van der Waals surface area contributed by atoms with Crippen molar-refractivity contribution in [3.8, 4) is 11.9 Å². The van der Waals surface area contributed by atoms with Gasteiger partial charge in [0.15, 0.2) is 0 Å². The average molecular weight is 245 g/mol. The number of pyridine rings is 1. The van der Waals surface area contributed by atoms with Gasteiger partial charge in [0.25, 0.3) is 0 Å². The average Bonchev–Trinajstić information content (AvgIpc) is 2.20. The summed E-state index contributed by atoms with van der Waals surface area (Å²) in [6, 6.07) is 3.31. The molecule has 4 nitrogen and oxygen atoms in total. The van der Waals surface area contributed by atoms with Gasteiger partial charge in [0.2, 0.25) is 5.88 Å². The molecule has 0 atom stereocenters. The molecule has 1 aromatic heterocycles. The van der Waals surface area contributed by atoms with Crippen molar-refractivity contribution in [2.75, 3.05) is 0 Å². The number of nitrogens with zero attached hydrogens (tertiary/aromatic N) is 2. The van der Waals surface area contributed by atoms with Crippen molar-refractivity contribution >= 4 is 0 Å². The Labute approximate surface area is 95.8 Å². The number of nitrogens with two attached hydrogens (primary N) is 1. The molecule has 2 N–H and O–H groups in total. The van der Waals surface area contributed by atoms with Gasteiger partial charge in [0.05, 0.1) is 12.5 Å². The molecule has 1 heterocycles. The van der Waals surface area contributed by atoms with Crippen LogP contribution in [0.4, 0.5) is 13.2 Å². The predicted molar refractivity (Wildman–Crippen MR) is 52.9 cm³/mol. The highest BCUT2D eigenvalue weighted by Crippen LogP contribution is 2.26. The van der Waals surface area contributed by atoms with E-state index in [9.17, 15) is 13.2 Å². The quantitative estimate of drug-likeness (QED) is 0.881. The highest BCUT2D eigenvalue weighted by Gasteiger charge is 2.33. The lowest BCUT2D eigenvalue weighted by atomic mass is 10.1. The van der Waals surface area contributed by atoms with Gasteiger partial charge in [-0.25, -0.2) is 4.98 Å². The number of alkyl halides is 3. The van der Waals surface area contributed by atoms with Gasteiger partial charge in [-0.15, -0.1) is 13.2 Å². The maximum Gasteiger partial charge on any atom is 0.574 e. The van der Waals surface area contributed by atoms with Gasteiger partial charge >= 0.3 is 6.36 Å². The first-order valence-electron chi connectivity index (χ1n) is 4.69. The number of halogens is 3. The first-order valence-corrected chi connectivity index (χ1v) is 4.69. The van der Waals surface area contributed by atoms with Crippen LogP contribution in [0.25, 0.3) is 0 Å². The Hall–Kier alpha value is -1.81. The van der Waals surface area contributed by atoms with E-state index in [0.29, 0.717) is 11.3 Å². The number of nitriles is 1. The van der Waals surface area contributed by atoms with E-state index in [0.717, 1.165) is 0 Å². The Bertz CT molecular complexity index is 451. The fourth-order valence-electron chi connectivity index (χ4n) is 1.28. The van der Waals surface area contributed by atoms with Gasteiger partial charge in [-0.1, -0.05) is 0 Å². The highest BCUT2D eigenvalue weighted by atomic mass is 19.4. The van der Waals surface area contributed by atoms with E-state index in [2.05, 4.69) is 9.72 Å². The number of aromatic nitrogens is 1. The molecule has 7 heteroatoms. The molecule has 0 aromatic carbocycles. The first kappa shape index (κ1) is 13.3. The standard InChI is InChI=1S/C10H10F3N3O/c1-6-7(2-3-14)4-8(5-15)9(16-6)17-10(11,12)13/h4H,2,5,15H2,1H3. The lowest BCUT2D eigenvalue weighted by molar-refractivity contribution is -0.276. The molecule has 0 fully saturated rings. The molecule has 92 valence electrons.